The average Bonchev–Trinajstić information content (AvgIpc) is 2.44. The van der Waals surface area contributed by atoms with Crippen molar-refractivity contribution in [3.63, 3.8) is 0 Å². The molecule has 1 aromatic carbocycles. The number of hydrogen-bond acceptors (Lipinski definition) is 3. The maximum atomic E-state index is 3.72. The number of rotatable bonds is 5. The normalized spacial score (nSPS) is 28.3. The monoisotopic (exact) mass is 309 g/mol. The number of aryl methyl sites for hydroxylation is 1. The van der Waals surface area contributed by atoms with Crippen LogP contribution in [0.5, 0.6) is 0 Å². The third-order valence-corrected chi connectivity index (χ3v) is 7.62. The summed E-state index contributed by atoms with van der Waals surface area (Å²) in [6.07, 6.45) is 1.15. The largest absolute Gasteiger partial charge is 0.313 e. The smallest absolute Gasteiger partial charge is 0.0298 e. The topological polar surface area (TPSA) is 12.0 Å². The van der Waals surface area contributed by atoms with Crippen molar-refractivity contribution >= 4 is 23.5 Å². The molecule has 1 aromatic rings. The molecule has 1 fully saturated rings. The van der Waals surface area contributed by atoms with E-state index in [1.54, 1.807) is 0 Å². The molecule has 2 rings (SSSR count). The molecule has 112 valence electrons. The van der Waals surface area contributed by atoms with Crippen molar-refractivity contribution in [3.05, 3.63) is 35.4 Å². The van der Waals surface area contributed by atoms with Crippen LogP contribution in [0.1, 0.15) is 31.9 Å². The van der Waals surface area contributed by atoms with Gasteiger partial charge in [0.2, 0.25) is 0 Å². The van der Waals surface area contributed by atoms with E-state index in [0.29, 0.717) is 6.04 Å². The van der Waals surface area contributed by atoms with Gasteiger partial charge in [-0.15, -0.1) is 0 Å². The molecule has 0 aliphatic carbocycles. The van der Waals surface area contributed by atoms with E-state index >= 15 is 0 Å². The average molecular weight is 310 g/mol. The summed E-state index contributed by atoms with van der Waals surface area (Å²) in [4.78, 5) is 0. The first-order chi connectivity index (χ1) is 9.60. The molecule has 1 saturated heterocycles. The van der Waals surface area contributed by atoms with E-state index in [1.807, 2.05) is 0 Å². The summed E-state index contributed by atoms with van der Waals surface area (Å²) in [5.74, 6) is 1.28. The predicted molar refractivity (Wildman–Crippen MR) is 95.1 cm³/mol. The van der Waals surface area contributed by atoms with Gasteiger partial charge in [0.15, 0.2) is 0 Å². The van der Waals surface area contributed by atoms with Gasteiger partial charge in [-0.05, 0) is 25.5 Å². The highest BCUT2D eigenvalue weighted by atomic mass is 32.2. The third-order valence-electron chi connectivity index (χ3n) is 4.07. The van der Waals surface area contributed by atoms with Crippen LogP contribution in [0.25, 0.3) is 0 Å². The van der Waals surface area contributed by atoms with Crippen molar-refractivity contribution in [2.24, 2.45) is 0 Å². The van der Waals surface area contributed by atoms with Gasteiger partial charge >= 0.3 is 0 Å². The summed E-state index contributed by atoms with van der Waals surface area (Å²) in [5.41, 5.74) is 2.80. The first-order valence-electron chi connectivity index (χ1n) is 7.66. The van der Waals surface area contributed by atoms with E-state index in [1.165, 1.54) is 16.9 Å². The van der Waals surface area contributed by atoms with Crippen LogP contribution in [0, 0.1) is 6.92 Å². The van der Waals surface area contributed by atoms with E-state index in [-0.39, 0.29) is 0 Å². The Labute approximate surface area is 132 Å². The van der Waals surface area contributed by atoms with Crippen LogP contribution < -0.4 is 5.32 Å². The second-order valence-electron chi connectivity index (χ2n) is 5.77. The molecule has 4 unspecified atom stereocenters. The Morgan fingerprint density at radius 1 is 1.20 bits per heavy atom. The van der Waals surface area contributed by atoms with Crippen LogP contribution in [0.4, 0.5) is 0 Å². The molecule has 1 heterocycles. The Morgan fingerprint density at radius 2 is 1.90 bits per heavy atom. The molecule has 4 atom stereocenters. The van der Waals surface area contributed by atoms with Crippen LogP contribution in [-0.4, -0.2) is 34.1 Å². The van der Waals surface area contributed by atoms with Crippen molar-refractivity contribution in [2.75, 3.05) is 12.3 Å². The molecule has 0 saturated carbocycles. The molecule has 0 spiro atoms. The van der Waals surface area contributed by atoms with Gasteiger partial charge in [-0.25, -0.2) is 0 Å². The van der Waals surface area contributed by atoms with Gasteiger partial charge in [-0.3, -0.25) is 0 Å². The predicted octanol–water partition coefficient (Wildman–Crippen LogP) is 4.14. The number of benzene rings is 1. The van der Waals surface area contributed by atoms with E-state index < -0.39 is 0 Å². The van der Waals surface area contributed by atoms with Crippen molar-refractivity contribution in [1.29, 1.82) is 0 Å². The lowest BCUT2D eigenvalue weighted by molar-refractivity contribution is 0.520. The molecule has 1 nitrogen and oxygen atoms in total. The quantitative estimate of drug-likeness (QED) is 0.878. The number of nitrogens with one attached hydrogen (secondary N) is 1. The molecule has 1 aliphatic heterocycles. The van der Waals surface area contributed by atoms with Gasteiger partial charge < -0.3 is 5.32 Å². The molecule has 0 aromatic heterocycles. The molecular weight excluding hydrogens is 282 g/mol. The molecule has 0 bridgehead atoms. The van der Waals surface area contributed by atoms with Gasteiger partial charge in [0.05, 0.1) is 0 Å². The second kappa shape index (κ2) is 7.77. The highest BCUT2D eigenvalue weighted by molar-refractivity contribution is 8.07. The Bertz CT molecular complexity index is 404. The van der Waals surface area contributed by atoms with Gasteiger partial charge in [0, 0.05) is 27.5 Å². The molecular formula is C17H27NS2. The first kappa shape index (κ1) is 16.3. The van der Waals surface area contributed by atoms with Crippen molar-refractivity contribution in [3.8, 4) is 0 Å². The first-order valence-corrected chi connectivity index (χ1v) is 9.65. The van der Waals surface area contributed by atoms with Crippen LogP contribution >= 0.6 is 23.5 Å². The van der Waals surface area contributed by atoms with E-state index in [0.717, 1.165) is 28.7 Å². The third kappa shape index (κ3) is 4.44. The standard InChI is InChI=1S/C17H27NS2/c1-5-18-16(10-15-8-6-12(2)7-9-15)17-11-19-13(3)14(4)20-17/h6-9,13-14,16-18H,5,10-11H2,1-4H3. The lowest BCUT2D eigenvalue weighted by atomic mass is 10.0. The van der Waals surface area contributed by atoms with Crippen LogP contribution in [0.15, 0.2) is 24.3 Å². The van der Waals surface area contributed by atoms with E-state index in [4.69, 9.17) is 0 Å². The van der Waals surface area contributed by atoms with Crippen LogP contribution in [0.2, 0.25) is 0 Å². The lowest BCUT2D eigenvalue weighted by Crippen LogP contribution is -2.44. The fraction of sp³-hybridized carbons (Fsp3) is 0.647. The van der Waals surface area contributed by atoms with Gasteiger partial charge in [-0.2, -0.15) is 23.5 Å². The molecule has 0 radical (unpaired) electrons. The van der Waals surface area contributed by atoms with Crippen molar-refractivity contribution < 1.29 is 0 Å². The maximum absolute atomic E-state index is 3.72. The van der Waals surface area contributed by atoms with Gasteiger partial charge in [0.25, 0.3) is 0 Å². The maximum Gasteiger partial charge on any atom is 0.0298 e. The molecule has 1 N–H and O–H groups in total. The highest BCUT2D eigenvalue weighted by Gasteiger charge is 2.30. The molecule has 0 amide bonds. The fourth-order valence-electron chi connectivity index (χ4n) is 2.59. The highest BCUT2D eigenvalue weighted by Crippen LogP contribution is 2.37. The van der Waals surface area contributed by atoms with E-state index in [2.05, 4.69) is 80.8 Å². The zero-order valence-electron chi connectivity index (χ0n) is 13.1. The van der Waals surface area contributed by atoms with Crippen LogP contribution in [-0.2, 0) is 6.42 Å². The summed E-state index contributed by atoms with van der Waals surface area (Å²) in [6, 6.07) is 9.62. The minimum atomic E-state index is 0.593. The second-order valence-corrected chi connectivity index (χ2v) is 8.80. The summed E-state index contributed by atoms with van der Waals surface area (Å²) >= 11 is 4.32. The molecule has 1 aliphatic rings. The Kier molecular flexibility index (Phi) is 6.31. The van der Waals surface area contributed by atoms with E-state index in [9.17, 15) is 0 Å². The molecule has 20 heavy (non-hydrogen) atoms. The van der Waals surface area contributed by atoms with Gasteiger partial charge in [-0.1, -0.05) is 50.6 Å². The van der Waals surface area contributed by atoms with Gasteiger partial charge in [0.1, 0.15) is 0 Å². The summed E-state index contributed by atoms with van der Waals surface area (Å²) in [7, 11) is 0. The Balaban J connectivity index is 2.01. The zero-order chi connectivity index (χ0) is 14.5. The number of thioether (sulfide) groups is 2. The minimum absolute atomic E-state index is 0.593. The Hall–Kier alpha value is -0.120. The lowest BCUT2D eigenvalue weighted by Gasteiger charge is -2.36. The van der Waals surface area contributed by atoms with Crippen molar-refractivity contribution in [1.82, 2.24) is 5.32 Å². The minimum Gasteiger partial charge on any atom is -0.313 e. The summed E-state index contributed by atoms with van der Waals surface area (Å²) in [6.45, 7) is 10.2. The number of hydrogen-bond donors (Lipinski definition) is 1. The van der Waals surface area contributed by atoms with Crippen LogP contribution in [0.3, 0.4) is 0 Å². The summed E-state index contributed by atoms with van der Waals surface area (Å²) < 4.78 is 0. The SMILES string of the molecule is CCNC(Cc1ccc(C)cc1)C1CSC(C)C(C)S1. The Morgan fingerprint density at radius 3 is 2.50 bits per heavy atom. The van der Waals surface area contributed by atoms with Crippen molar-refractivity contribution in [2.45, 2.75) is 55.9 Å². The molecule has 3 heteroatoms. The fourth-order valence-corrected chi connectivity index (χ4v) is 5.72. The number of likely N-dealkylation sites (N-methyl/N-ethyl adjacent to an activating group) is 1. The summed E-state index contributed by atoms with van der Waals surface area (Å²) in [5, 5.41) is 6.00. The zero-order valence-corrected chi connectivity index (χ0v) is 14.7.